The van der Waals surface area contributed by atoms with Gasteiger partial charge in [-0.1, -0.05) is 5.92 Å². The van der Waals surface area contributed by atoms with E-state index in [-0.39, 0.29) is 6.61 Å². The summed E-state index contributed by atoms with van der Waals surface area (Å²) in [5, 5.41) is 2.62. The van der Waals surface area contributed by atoms with E-state index in [1.54, 1.807) is 0 Å². The molecule has 0 atom stereocenters. The summed E-state index contributed by atoms with van der Waals surface area (Å²) in [6.45, 7) is 7.81. The summed E-state index contributed by atoms with van der Waals surface area (Å²) in [5.41, 5.74) is 0. The number of amides is 1. The number of carbonyl (C=O) groups is 1. The second-order valence-electron chi connectivity index (χ2n) is 3.79. The highest BCUT2D eigenvalue weighted by Crippen LogP contribution is 2.17. The Hall–Kier alpha value is -1.07. The highest BCUT2D eigenvalue weighted by molar-refractivity contribution is 6.60. The zero-order valence-corrected chi connectivity index (χ0v) is 13.6. The van der Waals surface area contributed by atoms with Crippen molar-refractivity contribution in [3.05, 3.63) is 0 Å². The van der Waals surface area contributed by atoms with Crippen molar-refractivity contribution in [3.8, 4) is 12.3 Å². The molecule has 0 spiro atoms. The van der Waals surface area contributed by atoms with Crippen LogP contribution < -0.4 is 5.32 Å². The van der Waals surface area contributed by atoms with E-state index in [0.717, 1.165) is 0 Å². The number of terminal acetylenes is 1. The van der Waals surface area contributed by atoms with E-state index in [2.05, 4.69) is 11.2 Å². The van der Waals surface area contributed by atoms with Gasteiger partial charge in [0.1, 0.15) is 0 Å². The Bertz CT molecular complexity index is 289. The molecule has 0 aromatic carbocycles. The fraction of sp³-hybridized carbons (Fsp3) is 0.769. The maximum atomic E-state index is 11.2. The normalized spacial score (nSPS) is 10.9. The molecule has 0 rings (SSSR count). The lowest BCUT2D eigenvalue weighted by molar-refractivity contribution is 0.0707. The second kappa shape index (κ2) is 11.7. The van der Waals surface area contributed by atoms with Crippen molar-refractivity contribution in [2.75, 3.05) is 33.0 Å². The van der Waals surface area contributed by atoms with Crippen LogP contribution >= 0.6 is 0 Å². The van der Waals surface area contributed by atoms with Crippen molar-refractivity contribution < 1.29 is 22.8 Å². The first kappa shape index (κ1) is 18.9. The monoisotopic (exact) mass is 303 g/mol. The third-order valence-electron chi connectivity index (χ3n) is 2.31. The molecule has 0 fully saturated rings. The molecule has 20 heavy (non-hydrogen) atoms. The van der Waals surface area contributed by atoms with Gasteiger partial charge < -0.3 is 23.3 Å². The molecule has 0 saturated heterocycles. The molecule has 6 nitrogen and oxygen atoms in total. The van der Waals surface area contributed by atoms with Gasteiger partial charge in [0.25, 0.3) is 0 Å². The molecule has 0 saturated carbocycles. The largest absolute Gasteiger partial charge is 0.500 e. The maximum absolute atomic E-state index is 11.2. The number of alkyl carbamates (subject to hydrolysis) is 1. The van der Waals surface area contributed by atoms with Crippen LogP contribution in [-0.2, 0) is 18.0 Å². The Morgan fingerprint density at radius 1 is 1.15 bits per heavy atom. The van der Waals surface area contributed by atoms with Gasteiger partial charge in [-0.3, -0.25) is 0 Å². The minimum absolute atomic E-state index is 0.0264. The smallest absolute Gasteiger partial charge is 0.436 e. The second-order valence-corrected chi connectivity index (χ2v) is 6.52. The van der Waals surface area contributed by atoms with E-state index in [4.69, 9.17) is 24.4 Å². The van der Waals surface area contributed by atoms with Gasteiger partial charge in [0.15, 0.2) is 6.61 Å². The molecule has 0 aliphatic heterocycles. The van der Waals surface area contributed by atoms with E-state index >= 15 is 0 Å². The number of ether oxygens (including phenoxy) is 1. The van der Waals surface area contributed by atoms with E-state index in [1.807, 2.05) is 20.8 Å². The summed E-state index contributed by atoms with van der Waals surface area (Å²) < 4.78 is 21.8. The summed E-state index contributed by atoms with van der Waals surface area (Å²) in [6.07, 6.45) is 5.17. The van der Waals surface area contributed by atoms with Crippen LogP contribution in [0.4, 0.5) is 4.79 Å². The molecule has 0 unspecified atom stereocenters. The number of hydrogen-bond donors (Lipinski definition) is 1. The number of carbonyl (C=O) groups excluding carboxylic acids is 1. The fourth-order valence-corrected chi connectivity index (χ4v) is 4.27. The molecule has 1 N–H and O–H groups in total. The third-order valence-corrected chi connectivity index (χ3v) is 5.46. The van der Waals surface area contributed by atoms with Crippen molar-refractivity contribution in [3.63, 3.8) is 0 Å². The first-order valence-electron chi connectivity index (χ1n) is 6.90. The Morgan fingerprint density at radius 2 is 1.70 bits per heavy atom. The van der Waals surface area contributed by atoms with Crippen molar-refractivity contribution in [1.29, 1.82) is 0 Å². The quantitative estimate of drug-likeness (QED) is 0.358. The lowest BCUT2D eigenvalue weighted by Gasteiger charge is -2.28. The molecule has 0 bridgehead atoms. The molecule has 0 aromatic heterocycles. The van der Waals surface area contributed by atoms with Crippen molar-refractivity contribution >= 4 is 14.9 Å². The number of rotatable bonds is 11. The molecule has 0 aliphatic rings. The Labute approximate surface area is 122 Å². The zero-order chi connectivity index (χ0) is 15.3. The van der Waals surface area contributed by atoms with Gasteiger partial charge >= 0.3 is 14.9 Å². The zero-order valence-electron chi connectivity index (χ0n) is 12.6. The predicted molar refractivity (Wildman–Crippen MR) is 78.2 cm³/mol. The average Bonchev–Trinajstić information content (AvgIpc) is 2.42. The summed E-state index contributed by atoms with van der Waals surface area (Å²) in [7, 11) is -2.62. The molecule has 1 amide bonds. The van der Waals surface area contributed by atoms with Crippen LogP contribution in [0, 0.1) is 12.3 Å². The highest BCUT2D eigenvalue weighted by Gasteiger charge is 2.39. The van der Waals surface area contributed by atoms with Gasteiger partial charge in [-0.2, -0.15) is 0 Å². The minimum Gasteiger partial charge on any atom is -0.436 e. The van der Waals surface area contributed by atoms with Crippen LogP contribution in [0.25, 0.3) is 0 Å². The first-order valence-corrected chi connectivity index (χ1v) is 8.83. The van der Waals surface area contributed by atoms with Crippen LogP contribution in [0.1, 0.15) is 27.2 Å². The number of hydrogen-bond acceptors (Lipinski definition) is 5. The van der Waals surface area contributed by atoms with Gasteiger partial charge in [-0.15, -0.1) is 6.42 Å². The van der Waals surface area contributed by atoms with Crippen LogP contribution in [0.3, 0.4) is 0 Å². The Kier molecular flexibility index (Phi) is 11.1. The van der Waals surface area contributed by atoms with E-state index in [9.17, 15) is 4.79 Å². The molecule has 7 heteroatoms. The molecule has 0 heterocycles. The molecule has 0 radical (unpaired) electrons. The summed E-state index contributed by atoms with van der Waals surface area (Å²) in [4.78, 5) is 11.2. The van der Waals surface area contributed by atoms with Gasteiger partial charge in [0, 0.05) is 32.4 Å². The lowest BCUT2D eigenvalue weighted by atomic mass is 10.5. The number of nitrogens with one attached hydrogen (secondary N) is 1. The molecule has 0 aliphatic carbocycles. The summed E-state index contributed by atoms with van der Waals surface area (Å²) >= 11 is 0. The van der Waals surface area contributed by atoms with Crippen LogP contribution in [-0.4, -0.2) is 47.9 Å². The van der Waals surface area contributed by atoms with E-state index in [1.165, 1.54) is 0 Å². The SMILES string of the molecule is C#CCOC(=O)NCCC[Si](OCC)(OCC)OCC. The van der Waals surface area contributed by atoms with Crippen molar-refractivity contribution in [2.45, 2.75) is 33.2 Å². The standard InChI is InChI=1S/C13H25NO5Si/c1-5-11-16-13(15)14-10-9-12-20(17-6-2,18-7-3)19-8-4/h1H,6-12H2,2-4H3,(H,14,15). The summed E-state index contributed by atoms with van der Waals surface area (Å²) in [5.74, 6) is 2.23. The van der Waals surface area contributed by atoms with Crippen molar-refractivity contribution in [1.82, 2.24) is 5.32 Å². The average molecular weight is 303 g/mol. The van der Waals surface area contributed by atoms with E-state index in [0.29, 0.717) is 38.8 Å². The third kappa shape index (κ3) is 8.17. The van der Waals surface area contributed by atoms with Gasteiger partial charge in [0.2, 0.25) is 0 Å². The Balaban J connectivity index is 4.12. The fourth-order valence-electron chi connectivity index (χ4n) is 1.65. The molecular formula is C13H25NO5Si. The van der Waals surface area contributed by atoms with Gasteiger partial charge in [-0.05, 0) is 27.2 Å². The van der Waals surface area contributed by atoms with Crippen LogP contribution in [0.15, 0.2) is 0 Å². The summed E-state index contributed by atoms with van der Waals surface area (Å²) in [6, 6.07) is 0.651. The van der Waals surface area contributed by atoms with Gasteiger partial charge in [0.05, 0.1) is 0 Å². The van der Waals surface area contributed by atoms with Crippen molar-refractivity contribution in [2.24, 2.45) is 0 Å². The Morgan fingerprint density at radius 3 is 2.15 bits per heavy atom. The molecular weight excluding hydrogens is 278 g/mol. The first-order chi connectivity index (χ1) is 9.64. The van der Waals surface area contributed by atoms with Crippen LogP contribution in [0.2, 0.25) is 6.04 Å². The lowest BCUT2D eigenvalue weighted by Crippen LogP contribution is -2.46. The molecule has 116 valence electrons. The van der Waals surface area contributed by atoms with E-state index < -0.39 is 14.9 Å². The highest BCUT2D eigenvalue weighted by atomic mass is 28.4. The maximum Gasteiger partial charge on any atom is 0.500 e. The molecule has 0 aromatic rings. The topological polar surface area (TPSA) is 66.0 Å². The van der Waals surface area contributed by atoms with Crippen LogP contribution in [0.5, 0.6) is 0 Å². The minimum atomic E-state index is -2.62. The predicted octanol–water partition coefficient (Wildman–Crippen LogP) is 1.78. The van der Waals surface area contributed by atoms with Gasteiger partial charge in [-0.25, -0.2) is 4.79 Å².